The Kier molecular flexibility index (Phi) is 4.22. The van der Waals surface area contributed by atoms with Gasteiger partial charge in [0.25, 0.3) is 0 Å². The minimum Gasteiger partial charge on any atom is -0.454 e. The second kappa shape index (κ2) is 6.28. The SMILES string of the molecule is NC(CS(=O)Cc1ccccc1)c1ccc2c(c1)OCO2. The number of rotatable bonds is 5. The number of hydrogen-bond donors (Lipinski definition) is 1. The van der Waals surface area contributed by atoms with Crippen molar-refractivity contribution < 1.29 is 13.7 Å². The molecule has 2 atom stereocenters. The van der Waals surface area contributed by atoms with E-state index in [1.807, 2.05) is 48.5 Å². The normalized spacial score (nSPS) is 15.7. The lowest BCUT2D eigenvalue weighted by Gasteiger charge is -2.12. The Morgan fingerprint density at radius 3 is 2.67 bits per heavy atom. The number of ether oxygens (including phenoxy) is 2. The molecule has 0 saturated carbocycles. The van der Waals surface area contributed by atoms with E-state index in [0.717, 1.165) is 16.9 Å². The standard InChI is InChI=1S/C16H17NO3S/c17-14(10-21(18)9-12-4-2-1-3-5-12)13-6-7-15-16(8-13)20-11-19-15/h1-8,14H,9-11,17H2. The summed E-state index contributed by atoms with van der Waals surface area (Å²) in [6.45, 7) is 0.244. The van der Waals surface area contributed by atoms with Crippen LogP contribution in [0.1, 0.15) is 17.2 Å². The van der Waals surface area contributed by atoms with Crippen molar-refractivity contribution in [2.75, 3.05) is 12.5 Å². The van der Waals surface area contributed by atoms with Crippen LogP contribution in [0, 0.1) is 0 Å². The molecule has 0 saturated heterocycles. The van der Waals surface area contributed by atoms with Crippen molar-refractivity contribution in [3.05, 3.63) is 59.7 Å². The maximum atomic E-state index is 12.2. The first kappa shape index (κ1) is 14.1. The second-order valence-corrected chi connectivity index (χ2v) is 6.46. The van der Waals surface area contributed by atoms with Crippen molar-refractivity contribution in [3.8, 4) is 11.5 Å². The molecule has 0 aliphatic carbocycles. The third-order valence-electron chi connectivity index (χ3n) is 3.36. The predicted octanol–water partition coefficient (Wildman–Crippen LogP) is 2.36. The lowest BCUT2D eigenvalue weighted by atomic mass is 10.1. The zero-order valence-electron chi connectivity index (χ0n) is 11.5. The third kappa shape index (κ3) is 3.43. The molecule has 5 heteroatoms. The van der Waals surface area contributed by atoms with Crippen LogP contribution in [0.5, 0.6) is 11.5 Å². The molecule has 4 nitrogen and oxygen atoms in total. The van der Waals surface area contributed by atoms with Crippen LogP contribution in [0.15, 0.2) is 48.5 Å². The zero-order chi connectivity index (χ0) is 14.7. The molecule has 0 bridgehead atoms. The van der Waals surface area contributed by atoms with Crippen LogP contribution >= 0.6 is 0 Å². The van der Waals surface area contributed by atoms with Gasteiger partial charge in [-0.25, -0.2) is 0 Å². The van der Waals surface area contributed by atoms with Crippen molar-refractivity contribution in [2.45, 2.75) is 11.8 Å². The molecular formula is C16H17NO3S. The molecule has 1 heterocycles. The van der Waals surface area contributed by atoms with Crippen molar-refractivity contribution in [3.63, 3.8) is 0 Å². The predicted molar refractivity (Wildman–Crippen MR) is 82.6 cm³/mol. The van der Waals surface area contributed by atoms with E-state index in [9.17, 15) is 4.21 Å². The average Bonchev–Trinajstić information content (AvgIpc) is 2.95. The molecular weight excluding hydrogens is 286 g/mol. The highest BCUT2D eigenvalue weighted by Gasteiger charge is 2.17. The van der Waals surface area contributed by atoms with Crippen LogP contribution in [0.25, 0.3) is 0 Å². The van der Waals surface area contributed by atoms with Crippen LogP contribution in [0.2, 0.25) is 0 Å². The monoisotopic (exact) mass is 303 g/mol. The molecule has 21 heavy (non-hydrogen) atoms. The van der Waals surface area contributed by atoms with Gasteiger partial charge in [0.15, 0.2) is 11.5 Å². The molecule has 3 rings (SSSR count). The molecule has 2 aromatic carbocycles. The van der Waals surface area contributed by atoms with Crippen LogP contribution in [0.3, 0.4) is 0 Å². The fourth-order valence-corrected chi connectivity index (χ4v) is 3.53. The summed E-state index contributed by atoms with van der Waals surface area (Å²) >= 11 is 0. The first-order valence-electron chi connectivity index (χ1n) is 6.76. The minimum absolute atomic E-state index is 0.244. The Balaban J connectivity index is 1.63. The Hall–Kier alpha value is -1.85. The van der Waals surface area contributed by atoms with Gasteiger partial charge < -0.3 is 15.2 Å². The van der Waals surface area contributed by atoms with Crippen LogP contribution in [-0.4, -0.2) is 16.8 Å². The van der Waals surface area contributed by atoms with Crippen LogP contribution in [-0.2, 0) is 16.6 Å². The van der Waals surface area contributed by atoms with E-state index in [0.29, 0.717) is 17.3 Å². The van der Waals surface area contributed by atoms with Gasteiger partial charge in [-0.15, -0.1) is 0 Å². The second-order valence-electron chi connectivity index (χ2n) is 4.96. The summed E-state index contributed by atoms with van der Waals surface area (Å²) in [5, 5.41) is 0. The van der Waals surface area contributed by atoms with Gasteiger partial charge in [-0.1, -0.05) is 36.4 Å². The minimum atomic E-state index is -0.997. The lowest BCUT2D eigenvalue weighted by Crippen LogP contribution is -2.19. The largest absolute Gasteiger partial charge is 0.454 e. The molecule has 0 amide bonds. The smallest absolute Gasteiger partial charge is 0.231 e. The maximum Gasteiger partial charge on any atom is 0.231 e. The van der Waals surface area contributed by atoms with E-state index in [2.05, 4.69) is 0 Å². The highest BCUT2D eigenvalue weighted by Crippen LogP contribution is 2.33. The molecule has 1 aliphatic rings. The van der Waals surface area contributed by atoms with E-state index in [1.54, 1.807) is 0 Å². The van der Waals surface area contributed by atoms with Gasteiger partial charge in [0.1, 0.15) is 0 Å². The van der Waals surface area contributed by atoms with Gasteiger partial charge in [-0.05, 0) is 23.3 Å². The quantitative estimate of drug-likeness (QED) is 0.921. The summed E-state index contributed by atoms with van der Waals surface area (Å²) in [7, 11) is -0.997. The molecule has 1 aliphatic heterocycles. The number of benzene rings is 2. The first-order chi connectivity index (χ1) is 10.2. The maximum absolute atomic E-state index is 12.2. The average molecular weight is 303 g/mol. The lowest BCUT2D eigenvalue weighted by molar-refractivity contribution is 0.174. The summed E-state index contributed by atoms with van der Waals surface area (Å²) in [5.41, 5.74) is 8.14. The van der Waals surface area contributed by atoms with E-state index < -0.39 is 10.8 Å². The van der Waals surface area contributed by atoms with Crippen LogP contribution < -0.4 is 15.2 Å². The molecule has 0 fully saturated rings. The van der Waals surface area contributed by atoms with Crippen molar-refractivity contribution in [1.82, 2.24) is 0 Å². The summed E-state index contributed by atoms with van der Waals surface area (Å²) in [6, 6.07) is 15.1. The molecule has 0 aromatic heterocycles. The fraction of sp³-hybridized carbons (Fsp3) is 0.250. The molecule has 110 valence electrons. The first-order valence-corrected chi connectivity index (χ1v) is 8.25. The Morgan fingerprint density at radius 2 is 1.86 bits per heavy atom. The van der Waals surface area contributed by atoms with Crippen molar-refractivity contribution >= 4 is 10.8 Å². The Morgan fingerprint density at radius 1 is 1.10 bits per heavy atom. The summed E-state index contributed by atoms with van der Waals surface area (Å²) in [5.74, 6) is 2.39. The number of fused-ring (bicyclic) bond motifs is 1. The molecule has 0 spiro atoms. The highest BCUT2D eigenvalue weighted by molar-refractivity contribution is 7.84. The third-order valence-corrected chi connectivity index (χ3v) is 4.75. The zero-order valence-corrected chi connectivity index (χ0v) is 12.3. The summed E-state index contributed by atoms with van der Waals surface area (Å²) in [6.07, 6.45) is 0. The molecule has 2 aromatic rings. The Bertz CT molecular complexity index is 645. The van der Waals surface area contributed by atoms with Gasteiger partial charge in [-0.2, -0.15) is 0 Å². The van der Waals surface area contributed by atoms with Crippen LogP contribution in [0.4, 0.5) is 0 Å². The molecule has 0 radical (unpaired) electrons. The van der Waals surface area contributed by atoms with E-state index in [1.165, 1.54) is 0 Å². The topological polar surface area (TPSA) is 61.6 Å². The Labute approximate surface area is 126 Å². The van der Waals surface area contributed by atoms with E-state index >= 15 is 0 Å². The number of nitrogens with two attached hydrogens (primary N) is 1. The van der Waals surface area contributed by atoms with Gasteiger partial charge in [-0.3, -0.25) is 4.21 Å². The summed E-state index contributed by atoms with van der Waals surface area (Å²) < 4.78 is 22.8. The van der Waals surface area contributed by atoms with Gasteiger partial charge >= 0.3 is 0 Å². The van der Waals surface area contributed by atoms with Crippen molar-refractivity contribution in [1.29, 1.82) is 0 Å². The highest BCUT2D eigenvalue weighted by atomic mass is 32.2. The van der Waals surface area contributed by atoms with E-state index in [-0.39, 0.29) is 12.8 Å². The number of hydrogen-bond acceptors (Lipinski definition) is 4. The van der Waals surface area contributed by atoms with E-state index in [4.69, 9.17) is 15.2 Å². The van der Waals surface area contributed by atoms with Crippen molar-refractivity contribution in [2.24, 2.45) is 5.73 Å². The van der Waals surface area contributed by atoms with Gasteiger partial charge in [0.2, 0.25) is 6.79 Å². The summed E-state index contributed by atoms with van der Waals surface area (Å²) in [4.78, 5) is 0. The molecule has 2 unspecified atom stereocenters. The molecule has 2 N–H and O–H groups in total. The van der Waals surface area contributed by atoms with Gasteiger partial charge in [0.05, 0.1) is 0 Å². The van der Waals surface area contributed by atoms with Gasteiger partial charge in [0, 0.05) is 28.3 Å². The fourth-order valence-electron chi connectivity index (χ4n) is 2.26.